The molecule has 0 spiro atoms. The number of nitrogens with zero attached hydrogens (tertiary/aromatic N) is 1. The van der Waals surface area contributed by atoms with Crippen LogP contribution < -0.4 is 5.32 Å². The van der Waals surface area contributed by atoms with Crippen molar-refractivity contribution in [2.75, 3.05) is 7.05 Å². The molecule has 1 heterocycles. The fourth-order valence-electron chi connectivity index (χ4n) is 2.37. The lowest BCUT2D eigenvalue weighted by atomic mass is 9.91. The van der Waals surface area contributed by atoms with Crippen molar-refractivity contribution < 1.29 is 0 Å². The molecule has 2 rings (SSSR count). The van der Waals surface area contributed by atoms with Crippen LogP contribution in [0.2, 0.25) is 0 Å². The van der Waals surface area contributed by atoms with Gasteiger partial charge in [0.05, 0.1) is 6.04 Å². The Balaban J connectivity index is 2.53. The number of nitrogens with one attached hydrogen (secondary N) is 1. The molecule has 2 nitrogen and oxygen atoms in total. The van der Waals surface area contributed by atoms with Gasteiger partial charge < -0.3 is 5.32 Å². The molecule has 0 aliphatic carbocycles. The van der Waals surface area contributed by atoms with E-state index in [9.17, 15) is 0 Å². The largest absolute Gasteiger partial charge is 0.309 e. The highest BCUT2D eigenvalue weighted by Gasteiger charge is 2.16. The van der Waals surface area contributed by atoms with E-state index in [0.717, 1.165) is 0 Å². The predicted molar refractivity (Wildman–Crippen MR) is 75.8 cm³/mol. The van der Waals surface area contributed by atoms with E-state index in [1.807, 2.05) is 19.4 Å². The van der Waals surface area contributed by atoms with Crippen molar-refractivity contribution in [3.05, 3.63) is 64.5 Å². The molecule has 0 bridgehead atoms. The van der Waals surface area contributed by atoms with Gasteiger partial charge in [-0.25, -0.2) is 0 Å². The third kappa shape index (κ3) is 2.29. The Morgan fingerprint density at radius 1 is 1.00 bits per heavy atom. The Bertz CT molecular complexity index is 547. The van der Waals surface area contributed by atoms with E-state index in [4.69, 9.17) is 0 Å². The van der Waals surface area contributed by atoms with Crippen molar-refractivity contribution in [2.24, 2.45) is 0 Å². The number of aromatic nitrogens is 1. The van der Waals surface area contributed by atoms with Gasteiger partial charge in [0.1, 0.15) is 0 Å². The summed E-state index contributed by atoms with van der Waals surface area (Å²) >= 11 is 0. The maximum absolute atomic E-state index is 4.17. The van der Waals surface area contributed by atoms with E-state index >= 15 is 0 Å². The lowest BCUT2D eigenvalue weighted by Gasteiger charge is -2.22. The lowest BCUT2D eigenvalue weighted by molar-refractivity contribution is 0.681. The molecule has 1 atom stereocenters. The van der Waals surface area contributed by atoms with Gasteiger partial charge in [-0.05, 0) is 61.7 Å². The molecule has 1 N–H and O–H groups in total. The highest BCUT2D eigenvalue weighted by Crippen LogP contribution is 2.27. The van der Waals surface area contributed by atoms with Crippen LogP contribution in [0.25, 0.3) is 0 Å². The van der Waals surface area contributed by atoms with Gasteiger partial charge in [0.25, 0.3) is 0 Å². The zero-order valence-corrected chi connectivity index (χ0v) is 11.5. The van der Waals surface area contributed by atoms with E-state index in [1.54, 1.807) is 0 Å². The summed E-state index contributed by atoms with van der Waals surface area (Å²) in [5, 5.41) is 3.42. The van der Waals surface area contributed by atoms with Crippen LogP contribution in [0.5, 0.6) is 0 Å². The van der Waals surface area contributed by atoms with Crippen molar-refractivity contribution in [1.82, 2.24) is 10.3 Å². The predicted octanol–water partition coefficient (Wildman–Crippen LogP) is 3.32. The minimum Gasteiger partial charge on any atom is -0.309 e. The van der Waals surface area contributed by atoms with Gasteiger partial charge in [0.2, 0.25) is 0 Å². The number of aryl methyl sites for hydroxylation is 2. The fourth-order valence-corrected chi connectivity index (χ4v) is 2.37. The Morgan fingerprint density at radius 3 is 2.44 bits per heavy atom. The summed E-state index contributed by atoms with van der Waals surface area (Å²) in [6.45, 7) is 6.45. The molecule has 94 valence electrons. The summed E-state index contributed by atoms with van der Waals surface area (Å²) in [4.78, 5) is 4.17. The first-order valence-electron chi connectivity index (χ1n) is 6.29. The molecule has 0 fully saturated rings. The number of hydrogen-bond acceptors (Lipinski definition) is 2. The van der Waals surface area contributed by atoms with Crippen molar-refractivity contribution in [3.63, 3.8) is 0 Å². The molecule has 1 aromatic carbocycles. The zero-order valence-electron chi connectivity index (χ0n) is 11.5. The highest BCUT2D eigenvalue weighted by atomic mass is 14.9. The number of benzene rings is 1. The van der Waals surface area contributed by atoms with Crippen molar-refractivity contribution >= 4 is 0 Å². The van der Waals surface area contributed by atoms with Crippen LogP contribution >= 0.6 is 0 Å². The molecular formula is C16H20N2. The monoisotopic (exact) mass is 240 g/mol. The van der Waals surface area contributed by atoms with Crippen LogP contribution in [-0.2, 0) is 0 Å². The van der Waals surface area contributed by atoms with Gasteiger partial charge >= 0.3 is 0 Å². The third-order valence-corrected chi connectivity index (χ3v) is 3.62. The summed E-state index contributed by atoms with van der Waals surface area (Å²) in [6, 6.07) is 8.80. The Hall–Kier alpha value is -1.67. The van der Waals surface area contributed by atoms with E-state index in [1.165, 1.54) is 27.8 Å². The molecule has 0 aliphatic heterocycles. The first-order chi connectivity index (χ1) is 8.65. The Morgan fingerprint density at radius 2 is 1.78 bits per heavy atom. The van der Waals surface area contributed by atoms with Crippen LogP contribution in [0.4, 0.5) is 0 Å². The van der Waals surface area contributed by atoms with E-state index < -0.39 is 0 Å². The van der Waals surface area contributed by atoms with Gasteiger partial charge in [0, 0.05) is 12.4 Å². The second-order valence-electron chi connectivity index (χ2n) is 4.74. The molecule has 1 aromatic heterocycles. The Kier molecular flexibility index (Phi) is 3.78. The molecule has 0 amide bonds. The fraction of sp³-hybridized carbons (Fsp3) is 0.312. The van der Waals surface area contributed by atoms with E-state index in [2.05, 4.69) is 55.3 Å². The molecule has 2 heteroatoms. The molecule has 2 aromatic rings. The molecule has 1 unspecified atom stereocenters. The summed E-state index contributed by atoms with van der Waals surface area (Å²) in [7, 11) is 2.01. The summed E-state index contributed by atoms with van der Waals surface area (Å²) in [5.74, 6) is 0. The molecule has 0 aliphatic rings. The maximum atomic E-state index is 4.17. The second kappa shape index (κ2) is 5.32. The van der Waals surface area contributed by atoms with Gasteiger partial charge in [-0.3, -0.25) is 4.98 Å². The molecule has 0 saturated heterocycles. The smallest absolute Gasteiger partial charge is 0.0580 e. The first-order valence-corrected chi connectivity index (χ1v) is 6.29. The van der Waals surface area contributed by atoms with Gasteiger partial charge in [-0.1, -0.05) is 18.2 Å². The van der Waals surface area contributed by atoms with Crippen LogP contribution in [0.15, 0.2) is 36.7 Å². The van der Waals surface area contributed by atoms with Gasteiger partial charge in [0.15, 0.2) is 0 Å². The van der Waals surface area contributed by atoms with Crippen LogP contribution in [0.3, 0.4) is 0 Å². The van der Waals surface area contributed by atoms with Gasteiger partial charge in [-0.2, -0.15) is 0 Å². The molecule has 18 heavy (non-hydrogen) atoms. The minimum absolute atomic E-state index is 0.230. The van der Waals surface area contributed by atoms with Gasteiger partial charge in [-0.15, -0.1) is 0 Å². The average molecular weight is 240 g/mol. The standard InChI is InChI=1S/C16H20N2/c1-11-6-5-7-15(13(11)3)16(17-4)14-8-9-18-10-12(14)2/h5-10,16-17H,1-4H3. The van der Waals surface area contributed by atoms with Crippen LogP contribution in [0, 0.1) is 20.8 Å². The topological polar surface area (TPSA) is 24.9 Å². The van der Waals surface area contributed by atoms with E-state index in [-0.39, 0.29) is 6.04 Å². The molecule has 0 saturated carbocycles. The summed E-state index contributed by atoms with van der Waals surface area (Å²) < 4.78 is 0. The number of pyridine rings is 1. The third-order valence-electron chi connectivity index (χ3n) is 3.62. The lowest BCUT2D eigenvalue weighted by Crippen LogP contribution is -2.20. The maximum Gasteiger partial charge on any atom is 0.0580 e. The second-order valence-corrected chi connectivity index (χ2v) is 4.74. The first kappa shape index (κ1) is 12.8. The van der Waals surface area contributed by atoms with Crippen LogP contribution in [0.1, 0.15) is 33.9 Å². The van der Waals surface area contributed by atoms with Crippen LogP contribution in [-0.4, -0.2) is 12.0 Å². The molecule has 0 radical (unpaired) electrons. The number of hydrogen-bond donors (Lipinski definition) is 1. The Labute approximate surface area is 109 Å². The quantitative estimate of drug-likeness (QED) is 0.890. The van der Waals surface area contributed by atoms with Crippen molar-refractivity contribution in [2.45, 2.75) is 26.8 Å². The summed E-state index contributed by atoms with van der Waals surface area (Å²) in [5.41, 5.74) is 6.54. The normalized spacial score (nSPS) is 12.4. The van der Waals surface area contributed by atoms with E-state index in [0.29, 0.717) is 0 Å². The minimum atomic E-state index is 0.230. The highest BCUT2D eigenvalue weighted by molar-refractivity contribution is 5.42. The summed E-state index contributed by atoms with van der Waals surface area (Å²) in [6.07, 6.45) is 3.78. The van der Waals surface area contributed by atoms with Crippen molar-refractivity contribution in [1.29, 1.82) is 0 Å². The molecular weight excluding hydrogens is 220 g/mol. The average Bonchev–Trinajstić information content (AvgIpc) is 2.37. The zero-order chi connectivity index (χ0) is 13.1. The van der Waals surface area contributed by atoms with Crippen molar-refractivity contribution in [3.8, 4) is 0 Å². The number of rotatable bonds is 3. The SMILES string of the molecule is CNC(c1ccncc1C)c1cccc(C)c1C.